The number of amides is 1. The summed E-state index contributed by atoms with van der Waals surface area (Å²) < 4.78 is 0. The average molecular weight is 312 g/mol. The molecule has 2 atom stereocenters. The van der Waals surface area contributed by atoms with Crippen molar-refractivity contribution in [3.05, 3.63) is 11.1 Å². The molecule has 0 aromatic carbocycles. The molecule has 7 heteroatoms. The number of piperazine rings is 1. The molecule has 0 bridgehead atoms. The quantitative estimate of drug-likeness (QED) is 0.848. The van der Waals surface area contributed by atoms with Gasteiger partial charge in [-0.2, -0.15) is 0 Å². The van der Waals surface area contributed by atoms with Gasteiger partial charge in [0.05, 0.1) is 11.8 Å². The summed E-state index contributed by atoms with van der Waals surface area (Å²) in [5.41, 5.74) is 1.000. The molecule has 1 fully saturated rings. The van der Waals surface area contributed by atoms with Crippen LogP contribution in [0.5, 0.6) is 0 Å². The molecule has 0 saturated carbocycles. The molecular weight excluding hydrogens is 288 g/mol. The highest BCUT2D eigenvalue weighted by molar-refractivity contribution is 7.13. The first-order valence-electron chi connectivity index (χ1n) is 7.30. The third-order valence-corrected chi connectivity index (χ3v) is 4.37. The van der Waals surface area contributed by atoms with Crippen LogP contribution in [0.3, 0.4) is 0 Å². The number of carbonyl (C=O) groups is 1. The van der Waals surface area contributed by atoms with Crippen LogP contribution in [0.4, 0.5) is 5.13 Å². The Labute approximate surface area is 129 Å². The Balaban J connectivity index is 1.84. The number of thiazole rings is 1. The predicted octanol–water partition coefficient (Wildman–Crippen LogP) is 0.988. The molecule has 0 unspecified atom stereocenters. The largest absolute Gasteiger partial charge is 0.392 e. The fourth-order valence-corrected chi connectivity index (χ4v) is 3.39. The summed E-state index contributed by atoms with van der Waals surface area (Å²) in [6, 6.07) is 0.432. The number of nitrogens with zero attached hydrogens (tertiary/aromatic N) is 3. The number of aliphatic hydroxyl groups is 1. The first-order valence-corrected chi connectivity index (χ1v) is 8.18. The lowest BCUT2D eigenvalue weighted by molar-refractivity contribution is -0.114. The highest BCUT2D eigenvalue weighted by Crippen LogP contribution is 2.18. The smallest absolute Gasteiger partial charge is 0.223 e. The number of hydrogen-bond donors (Lipinski definition) is 2. The van der Waals surface area contributed by atoms with Crippen molar-refractivity contribution in [3.63, 3.8) is 0 Å². The zero-order chi connectivity index (χ0) is 15.4. The highest BCUT2D eigenvalue weighted by atomic mass is 32.1. The molecule has 6 nitrogen and oxygen atoms in total. The van der Waals surface area contributed by atoms with Gasteiger partial charge in [-0.1, -0.05) is 0 Å². The molecule has 1 amide bonds. The van der Waals surface area contributed by atoms with Crippen molar-refractivity contribution < 1.29 is 9.90 Å². The van der Waals surface area contributed by atoms with Gasteiger partial charge in [-0.15, -0.1) is 11.3 Å². The third kappa shape index (κ3) is 5.03. The Kier molecular flexibility index (Phi) is 5.69. The SMILES string of the molecule is CC(=O)Nc1nc(CN2CCN(C[C@@H](C)O)[C@@H](C)C2)cs1. The summed E-state index contributed by atoms with van der Waals surface area (Å²) in [5.74, 6) is -0.0868. The zero-order valence-electron chi connectivity index (χ0n) is 12.9. The molecule has 1 aromatic heterocycles. The first-order chi connectivity index (χ1) is 9.94. The topological polar surface area (TPSA) is 68.7 Å². The molecule has 0 radical (unpaired) electrons. The minimum Gasteiger partial charge on any atom is -0.392 e. The molecular formula is C14H24N4O2S. The monoisotopic (exact) mass is 312 g/mol. The predicted molar refractivity (Wildman–Crippen MR) is 84.4 cm³/mol. The van der Waals surface area contributed by atoms with E-state index < -0.39 is 0 Å². The number of aromatic nitrogens is 1. The van der Waals surface area contributed by atoms with Gasteiger partial charge in [-0.05, 0) is 13.8 Å². The van der Waals surface area contributed by atoms with E-state index in [2.05, 4.69) is 27.0 Å². The molecule has 21 heavy (non-hydrogen) atoms. The lowest BCUT2D eigenvalue weighted by Gasteiger charge is -2.40. The van der Waals surface area contributed by atoms with Gasteiger partial charge in [-0.3, -0.25) is 14.6 Å². The van der Waals surface area contributed by atoms with Crippen molar-refractivity contribution in [2.75, 3.05) is 31.5 Å². The van der Waals surface area contributed by atoms with Crippen LogP contribution in [0.25, 0.3) is 0 Å². The average Bonchev–Trinajstić information content (AvgIpc) is 2.78. The van der Waals surface area contributed by atoms with Crippen molar-refractivity contribution in [3.8, 4) is 0 Å². The van der Waals surface area contributed by atoms with Crippen molar-refractivity contribution >= 4 is 22.4 Å². The van der Waals surface area contributed by atoms with Crippen LogP contribution >= 0.6 is 11.3 Å². The summed E-state index contributed by atoms with van der Waals surface area (Å²) in [7, 11) is 0. The van der Waals surface area contributed by atoms with Crippen LogP contribution in [-0.4, -0.2) is 64.1 Å². The number of nitrogens with one attached hydrogen (secondary N) is 1. The van der Waals surface area contributed by atoms with Gasteiger partial charge < -0.3 is 10.4 Å². The second kappa shape index (κ2) is 7.31. The Morgan fingerprint density at radius 3 is 3.00 bits per heavy atom. The van der Waals surface area contributed by atoms with Gasteiger partial charge in [0.1, 0.15) is 0 Å². The van der Waals surface area contributed by atoms with Crippen LogP contribution in [0.15, 0.2) is 5.38 Å². The van der Waals surface area contributed by atoms with E-state index in [0.717, 1.165) is 38.4 Å². The maximum Gasteiger partial charge on any atom is 0.223 e. The van der Waals surface area contributed by atoms with E-state index in [9.17, 15) is 9.90 Å². The number of hydrogen-bond acceptors (Lipinski definition) is 6. The Morgan fingerprint density at radius 2 is 2.38 bits per heavy atom. The molecule has 0 spiro atoms. The van der Waals surface area contributed by atoms with Gasteiger partial charge in [-0.25, -0.2) is 4.98 Å². The van der Waals surface area contributed by atoms with E-state index in [1.54, 1.807) is 0 Å². The standard InChI is InChI=1S/C14H24N4O2S/c1-10-6-17(4-5-18(10)7-11(2)19)8-13-9-21-14(16-13)15-12(3)20/h9-11,19H,4-8H2,1-3H3,(H,15,16,20)/t10-,11+/m0/s1. The molecule has 2 heterocycles. The summed E-state index contributed by atoms with van der Waals surface area (Å²) in [5, 5.41) is 14.9. The highest BCUT2D eigenvalue weighted by Gasteiger charge is 2.24. The van der Waals surface area contributed by atoms with E-state index in [0.29, 0.717) is 11.2 Å². The number of anilines is 1. The van der Waals surface area contributed by atoms with Crippen molar-refractivity contribution in [2.45, 2.75) is 39.5 Å². The Bertz CT molecular complexity index is 477. The number of carbonyl (C=O) groups excluding carboxylic acids is 1. The minimum absolute atomic E-state index is 0.0868. The lowest BCUT2D eigenvalue weighted by Crippen LogP contribution is -2.53. The second-order valence-electron chi connectivity index (χ2n) is 5.75. The van der Waals surface area contributed by atoms with Crippen molar-refractivity contribution in [1.29, 1.82) is 0 Å². The Morgan fingerprint density at radius 1 is 1.62 bits per heavy atom. The number of rotatable bonds is 5. The normalized spacial score (nSPS) is 22.2. The van der Waals surface area contributed by atoms with Crippen molar-refractivity contribution in [2.24, 2.45) is 0 Å². The fraction of sp³-hybridized carbons (Fsp3) is 0.714. The fourth-order valence-electron chi connectivity index (χ4n) is 2.64. The van der Waals surface area contributed by atoms with Gasteiger partial charge in [0.2, 0.25) is 5.91 Å². The minimum atomic E-state index is -0.280. The lowest BCUT2D eigenvalue weighted by atomic mass is 10.1. The van der Waals surface area contributed by atoms with Crippen molar-refractivity contribution in [1.82, 2.24) is 14.8 Å². The van der Waals surface area contributed by atoms with E-state index in [1.165, 1.54) is 18.3 Å². The van der Waals surface area contributed by atoms with Crippen LogP contribution < -0.4 is 5.32 Å². The number of aliphatic hydroxyl groups excluding tert-OH is 1. The third-order valence-electron chi connectivity index (χ3n) is 3.57. The molecule has 118 valence electrons. The Hall–Kier alpha value is -1.02. The second-order valence-corrected chi connectivity index (χ2v) is 6.61. The summed E-state index contributed by atoms with van der Waals surface area (Å²) in [4.78, 5) is 20.1. The summed E-state index contributed by atoms with van der Waals surface area (Å²) in [6.45, 7) is 9.97. The summed E-state index contributed by atoms with van der Waals surface area (Å²) in [6.07, 6.45) is -0.280. The maximum absolute atomic E-state index is 11.0. The molecule has 1 aliphatic rings. The molecule has 0 aliphatic carbocycles. The maximum atomic E-state index is 11.0. The molecule has 2 rings (SSSR count). The number of β-amino-alcohol motifs (C(OH)–C–C–N with tert-alkyl or cyclic N) is 1. The van der Waals surface area contributed by atoms with Crippen LogP contribution in [0.1, 0.15) is 26.5 Å². The van der Waals surface area contributed by atoms with Gasteiger partial charge >= 0.3 is 0 Å². The van der Waals surface area contributed by atoms with Gasteiger partial charge in [0, 0.05) is 51.1 Å². The molecule has 1 aliphatic heterocycles. The van der Waals surface area contributed by atoms with Crippen LogP contribution in [-0.2, 0) is 11.3 Å². The molecule has 1 saturated heterocycles. The van der Waals surface area contributed by atoms with Gasteiger partial charge in [0.25, 0.3) is 0 Å². The first kappa shape index (κ1) is 16.4. The van der Waals surface area contributed by atoms with E-state index in [1.807, 2.05) is 12.3 Å². The van der Waals surface area contributed by atoms with E-state index in [4.69, 9.17) is 0 Å². The molecule has 1 aromatic rings. The van der Waals surface area contributed by atoms with E-state index >= 15 is 0 Å². The summed E-state index contributed by atoms with van der Waals surface area (Å²) >= 11 is 1.46. The van der Waals surface area contributed by atoms with Gasteiger partial charge in [0.15, 0.2) is 5.13 Å². The van der Waals surface area contributed by atoms with Crippen LogP contribution in [0, 0.1) is 0 Å². The molecule has 2 N–H and O–H groups in total. The van der Waals surface area contributed by atoms with E-state index in [-0.39, 0.29) is 12.0 Å². The zero-order valence-corrected chi connectivity index (χ0v) is 13.7. The van der Waals surface area contributed by atoms with Crippen LogP contribution in [0.2, 0.25) is 0 Å².